The fraction of sp³-hybridized carbons (Fsp3) is 0.0909. The maximum Gasteiger partial charge on any atom is 0.247 e. The first-order valence-electron chi connectivity index (χ1n) is 4.94. The number of fused-ring (bicyclic) bond motifs is 2. The largest absolute Gasteiger partial charge is 0.437 e. The lowest BCUT2D eigenvalue weighted by Crippen LogP contribution is -1.99. The predicted octanol–water partition coefficient (Wildman–Crippen LogP) is 2.99. The van der Waals surface area contributed by atoms with Gasteiger partial charge in [-0.15, -0.1) is 0 Å². The number of nitrogens with zero attached hydrogens (tertiary/aromatic N) is 2. The second kappa shape index (κ2) is 3.85. The lowest BCUT2D eigenvalue weighted by molar-refractivity contribution is 0.461. The molecule has 1 N–H and O–H groups in total. The first-order chi connectivity index (χ1) is 8.24. The van der Waals surface area contributed by atoms with E-state index in [1.807, 2.05) is 0 Å². The van der Waals surface area contributed by atoms with Gasteiger partial charge in [0.1, 0.15) is 23.6 Å². The summed E-state index contributed by atoms with van der Waals surface area (Å²) in [5.74, 6) is 0.597. The monoisotopic (exact) mass is 251 g/mol. The van der Waals surface area contributed by atoms with Crippen molar-refractivity contribution in [2.24, 2.45) is 0 Å². The van der Waals surface area contributed by atoms with Gasteiger partial charge in [0.25, 0.3) is 0 Å². The third kappa shape index (κ3) is 1.78. The average molecular weight is 252 g/mol. The van der Waals surface area contributed by atoms with Crippen LogP contribution in [0.2, 0.25) is 5.15 Å². The third-order valence-corrected chi connectivity index (χ3v) is 2.74. The molecule has 2 heterocycles. The molecule has 3 rings (SSSR count). The zero-order valence-corrected chi connectivity index (χ0v) is 9.33. The number of anilines is 1. The Bertz CT molecular complexity index is 591. The molecule has 0 bridgehead atoms. The standard InChI is InChI=1S/C11H7ClFN3O/c12-10-9-11(16-5-15-10)17-8-2-1-7(13)3-6(8)4-14-9/h1-3,5,14H,4H2. The predicted molar refractivity (Wildman–Crippen MR) is 60.8 cm³/mol. The van der Waals surface area contributed by atoms with Gasteiger partial charge < -0.3 is 10.1 Å². The molecule has 6 heteroatoms. The number of aromatic nitrogens is 2. The summed E-state index contributed by atoms with van der Waals surface area (Å²) >= 11 is 5.92. The van der Waals surface area contributed by atoms with Gasteiger partial charge in [0.15, 0.2) is 5.15 Å². The van der Waals surface area contributed by atoms with Gasteiger partial charge in [-0.2, -0.15) is 4.98 Å². The highest BCUT2D eigenvalue weighted by atomic mass is 35.5. The number of benzene rings is 1. The number of hydrogen-bond acceptors (Lipinski definition) is 4. The molecular formula is C11H7ClFN3O. The second-order valence-electron chi connectivity index (χ2n) is 3.55. The molecule has 17 heavy (non-hydrogen) atoms. The van der Waals surface area contributed by atoms with Crippen LogP contribution in [0.3, 0.4) is 0 Å². The highest BCUT2D eigenvalue weighted by molar-refractivity contribution is 6.32. The molecule has 0 radical (unpaired) electrons. The minimum atomic E-state index is -0.308. The van der Waals surface area contributed by atoms with E-state index in [1.54, 1.807) is 6.07 Å². The van der Waals surface area contributed by atoms with Crippen LogP contribution >= 0.6 is 11.6 Å². The number of nitrogens with one attached hydrogen (secondary N) is 1. The van der Waals surface area contributed by atoms with Gasteiger partial charge >= 0.3 is 0 Å². The van der Waals surface area contributed by atoms with Crippen molar-refractivity contribution in [1.29, 1.82) is 0 Å². The molecule has 2 aromatic rings. The van der Waals surface area contributed by atoms with Crippen LogP contribution in [-0.2, 0) is 6.54 Å². The van der Waals surface area contributed by atoms with E-state index >= 15 is 0 Å². The van der Waals surface area contributed by atoms with Gasteiger partial charge in [-0.3, -0.25) is 0 Å². The van der Waals surface area contributed by atoms with Crippen molar-refractivity contribution in [2.75, 3.05) is 5.32 Å². The van der Waals surface area contributed by atoms with Crippen LogP contribution in [0, 0.1) is 5.82 Å². The van der Waals surface area contributed by atoms with E-state index in [0.717, 1.165) is 0 Å². The van der Waals surface area contributed by atoms with Crippen LogP contribution in [0.1, 0.15) is 5.56 Å². The molecule has 0 unspecified atom stereocenters. The minimum Gasteiger partial charge on any atom is -0.437 e. The van der Waals surface area contributed by atoms with E-state index < -0.39 is 0 Å². The molecule has 1 aliphatic heterocycles. The Hall–Kier alpha value is -1.88. The van der Waals surface area contributed by atoms with Crippen molar-refractivity contribution < 1.29 is 9.13 Å². The highest BCUT2D eigenvalue weighted by Gasteiger charge is 2.18. The van der Waals surface area contributed by atoms with Crippen molar-refractivity contribution in [3.63, 3.8) is 0 Å². The second-order valence-corrected chi connectivity index (χ2v) is 3.91. The first kappa shape index (κ1) is 10.3. The van der Waals surface area contributed by atoms with Crippen molar-refractivity contribution in [3.8, 4) is 11.6 Å². The lowest BCUT2D eigenvalue weighted by atomic mass is 10.2. The van der Waals surface area contributed by atoms with E-state index in [2.05, 4.69) is 15.3 Å². The van der Waals surface area contributed by atoms with E-state index in [0.29, 0.717) is 29.4 Å². The molecule has 0 atom stereocenters. The van der Waals surface area contributed by atoms with Crippen LogP contribution < -0.4 is 10.1 Å². The van der Waals surface area contributed by atoms with Gasteiger partial charge in [-0.1, -0.05) is 11.6 Å². The summed E-state index contributed by atoms with van der Waals surface area (Å²) in [5.41, 5.74) is 1.23. The van der Waals surface area contributed by atoms with Crippen LogP contribution in [0.5, 0.6) is 11.6 Å². The highest BCUT2D eigenvalue weighted by Crippen LogP contribution is 2.36. The van der Waals surface area contributed by atoms with Gasteiger partial charge in [-0.05, 0) is 18.2 Å². The quantitative estimate of drug-likeness (QED) is 0.731. The Morgan fingerprint density at radius 2 is 2.24 bits per heavy atom. The van der Waals surface area contributed by atoms with Crippen molar-refractivity contribution >= 4 is 17.3 Å². The summed E-state index contributed by atoms with van der Waals surface area (Å²) in [6.45, 7) is 0.410. The fourth-order valence-corrected chi connectivity index (χ4v) is 1.84. The SMILES string of the molecule is Fc1ccc2c(c1)CNc1c(Cl)ncnc1O2. The minimum absolute atomic E-state index is 0.281. The molecule has 86 valence electrons. The summed E-state index contributed by atoms with van der Waals surface area (Å²) in [7, 11) is 0. The zero-order chi connectivity index (χ0) is 11.8. The molecule has 0 saturated heterocycles. The van der Waals surface area contributed by atoms with Crippen molar-refractivity contribution in [1.82, 2.24) is 9.97 Å². The normalized spacial score (nSPS) is 12.8. The summed E-state index contributed by atoms with van der Waals surface area (Å²) < 4.78 is 18.7. The summed E-state index contributed by atoms with van der Waals surface area (Å²) in [5, 5.41) is 3.31. The van der Waals surface area contributed by atoms with Gasteiger partial charge in [0.2, 0.25) is 5.88 Å². The Morgan fingerprint density at radius 3 is 3.12 bits per heavy atom. The molecule has 0 saturated carbocycles. The number of hydrogen-bond donors (Lipinski definition) is 1. The van der Waals surface area contributed by atoms with E-state index in [-0.39, 0.29) is 11.0 Å². The molecule has 0 aliphatic carbocycles. The Balaban J connectivity index is 2.10. The molecule has 4 nitrogen and oxygen atoms in total. The van der Waals surface area contributed by atoms with E-state index in [9.17, 15) is 4.39 Å². The van der Waals surface area contributed by atoms with Gasteiger partial charge in [-0.25, -0.2) is 9.37 Å². The first-order valence-corrected chi connectivity index (χ1v) is 5.32. The Labute approximate surface area is 101 Å². The lowest BCUT2D eigenvalue weighted by Gasteiger charge is -2.06. The molecule has 0 amide bonds. The van der Waals surface area contributed by atoms with Crippen LogP contribution in [0.4, 0.5) is 10.1 Å². The average Bonchev–Trinajstić information content (AvgIpc) is 2.49. The number of rotatable bonds is 0. The Morgan fingerprint density at radius 1 is 1.35 bits per heavy atom. The molecule has 0 fully saturated rings. The smallest absolute Gasteiger partial charge is 0.247 e. The van der Waals surface area contributed by atoms with E-state index in [4.69, 9.17) is 16.3 Å². The Kier molecular flexibility index (Phi) is 2.33. The van der Waals surface area contributed by atoms with Crippen LogP contribution in [-0.4, -0.2) is 9.97 Å². The summed E-state index contributed by atoms with van der Waals surface area (Å²) in [6, 6.07) is 4.32. The molecular weight excluding hydrogens is 245 g/mol. The van der Waals surface area contributed by atoms with Crippen LogP contribution in [0.25, 0.3) is 0 Å². The maximum atomic E-state index is 13.1. The van der Waals surface area contributed by atoms with Crippen molar-refractivity contribution in [3.05, 3.63) is 41.1 Å². The molecule has 1 aliphatic rings. The maximum absolute atomic E-state index is 13.1. The third-order valence-electron chi connectivity index (χ3n) is 2.45. The van der Waals surface area contributed by atoms with Crippen LogP contribution in [0.15, 0.2) is 24.5 Å². The molecule has 1 aromatic carbocycles. The summed E-state index contributed by atoms with van der Waals surface area (Å²) in [6.07, 6.45) is 1.32. The fourth-order valence-electron chi connectivity index (χ4n) is 1.65. The van der Waals surface area contributed by atoms with Gasteiger partial charge in [0, 0.05) is 12.1 Å². The molecule has 1 aromatic heterocycles. The van der Waals surface area contributed by atoms with Gasteiger partial charge in [0.05, 0.1) is 0 Å². The number of halogens is 2. The summed E-state index contributed by atoms with van der Waals surface area (Å²) in [4.78, 5) is 7.84. The molecule has 0 spiro atoms. The number of ether oxygens (including phenoxy) is 1. The topological polar surface area (TPSA) is 47.0 Å². The van der Waals surface area contributed by atoms with E-state index in [1.165, 1.54) is 18.5 Å². The zero-order valence-electron chi connectivity index (χ0n) is 8.58. The van der Waals surface area contributed by atoms with Crippen molar-refractivity contribution in [2.45, 2.75) is 6.54 Å².